The van der Waals surface area contributed by atoms with E-state index in [9.17, 15) is 9.59 Å². The van der Waals surface area contributed by atoms with Gasteiger partial charge in [0.05, 0.1) is 0 Å². The number of nitrogens with zero attached hydrogens (tertiary/aromatic N) is 1. The first-order chi connectivity index (χ1) is 7.00. The number of aromatic nitrogens is 1. The largest absolute Gasteiger partial charge is 0.480 e. The highest BCUT2D eigenvalue weighted by Gasteiger charge is 2.10. The van der Waals surface area contributed by atoms with Crippen molar-refractivity contribution < 1.29 is 14.7 Å². The van der Waals surface area contributed by atoms with Crippen molar-refractivity contribution in [1.29, 1.82) is 0 Å². The third-order valence-corrected chi connectivity index (χ3v) is 1.90. The Labute approximate surface area is 87.1 Å². The monoisotopic (exact) mass is 208 g/mol. The molecule has 0 saturated carbocycles. The van der Waals surface area contributed by atoms with Gasteiger partial charge in [-0.2, -0.15) is 0 Å². The average Bonchev–Trinajstić information content (AvgIpc) is 2.18. The zero-order valence-electron chi connectivity index (χ0n) is 8.52. The summed E-state index contributed by atoms with van der Waals surface area (Å²) in [4.78, 5) is 25.4. The van der Waals surface area contributed by atoms with Crippen molar-refractivity contribution >= 4 is 17.6 Å². The van der Waals surface area contributed by atoms with E-state index in [0.29, 0.717) is 11.4 Å². The van der Waals surface area contributed by atoms with Gasteiger partial charge in [-0.05, 0) is 26.0 Å². The van der Waals surface area contributed by atoms with Crippen LogP contribution in [0.2, 0.25) is 0 Å². The number of hydrogen-bond acceptors (Lipinski definition) is 4. The molecule has 0 bridgehead atoms. The van der Waals surface area contributed by atoms with E-state index in [4.69, 9.17) is 5.11 Å². The van der Waals surface area contributed by atoms with E-state index >= 15 is 0 Å². The average molecular weight is 208 g/mol. The third-order valence-electron chi connectivity index (χ3n) is 1.90. The van der Waals surface area contributed by atoms with Crippen LogP contribution in [0.5, 0.6) is 0 Å². The van der Waals surface area contributed by atoms with E-state index in [1.807, 2.05) is 0 Å². The van der Waals surface area contributed by atoms with Crippen LogP contribution in [-0.2, 0) is 4.79 Å². The lowest BCUT2D eigenvalue weighted by atomic mass is 10.2. The number of anilines is 1. The van der Waals surface area contributed by atoms with Gasteiger partial charge in [-0.3, -0.25) is 9.59 Å². The highest BCUT2D eigenvalue weighted by Crippen LogP contribution is 2.06. The second-order valence-electron chi connectivity index (χ2n) is 3.19. The number of carboxylic acids is 1. The molecule has 1 atom stereocenters. The van der Waals surface area contributed by atoms with Crippen LogP contribution in [0.25, 0.3) is 0 Å². The number of hydrogen-bond donors (Lipinski definition) is 2. The molecule has 1 aromatic rings. The van der Waals surface area contributed by atoms with Gasteiger partial charge in [0, 0.05) is 11.8 Å². The van der Waals surface area contributed by atoms with Crippen LogP contribution < -0.4 is 5.32 Å². The van der Waals surface area contributed by atoms with Gasteiger partial charge in [0.15, 0.2) is 5.78 Å². The molecule has 0 unspecified atom stereocenters. The van der Waals surface area contributed by atoms with E-state index in [2.05, 4.69) is 10.3 Å². The van der Waals surface area contributed by atoms with Crippen LogP contribution in [0.15, 0.2) is 18.3 Å². The predicted octanol–water partition coefficient (Wildman–Crippen LogP) is 1.17. The fourth-order valence-corrected chi connectivity index (χ4v) is 0.971. The van der Waals surface area contributed by atoms with Gasteiger partial charge in [0.1, 0.15) is 11.9 Å². The first kappa shape index (κ1) is 11.2. The Morgan fingerprint density at radius 1 is 1.47 bits per heavy atom. The van der Waals surface area contributed by atoms with Crippen molar-refractivity contribution in [3.63, 3.8) is 0 Å². The zero-order chi connectivity index (χ0) is 11.4. The first-order valence-electron chi connectivity index (χ1n) is 4.47. The number of pyridine rings is 1. The molecule has 1 rings (SSSR count). The van der Waals surface area contributed by atoms with Crippen molar-refractivity contribution in [3.05, 3.63) is 23.9 Å². The van der Waals surface area contributed by atoms with Crippen LogP contribution >= 0.6 is 0 Å². The smallest absolute Gasteiger partial charge is 0.325 e. The molecular weight excluding hydrogens is 196 g/mol. The molecule has 0 saturated heterocycles. The molecule has 0 aliphatic carbocycles. The molecule has 80 valence electrons. The molecule has 1 heterocycles. The predicted molar refractivity (Wildman–Crippen MR) is 55.0 cm³/mol. The van der Waals surface area contributed by atoms with Crippen molar-refractivity contribution in [3.8, 4) is 0 Å². The molecule has 0 fully saturated rings. The zero-order valence-corrected chi connectivity index (χ0v) is 8.52. The highest BCUT2D eigenvalue weighted by atomic mass is 16.4. The van der Waals surface area contributed by atoms with Crippen molar-refractivity contribution in [2.75, 3.05) is 5.32 Å². The quantitative estimate of drug-likeness (QED) is 0.726. The van der Waals surface area contributed by atoms with Gasteiger partial charge in [0.25, 0.3) is 0 Å². The van der Waals surface area contributed by atoms with Crippen LogP contribution in [0.3, 0.4) is 0 Å². The molecule has 2 N–H and O–H groups in total. The van der Waals surface area contributed by atoms with Gasteiger partial charge < -0.3 is 10.4 Å². The molecule has 0 aliphatic rings. The summed E-state index contributed by atoms with van der Waals surface area (Å²) < 4.78 is 0. The summed E-state index contributed by atoms with van der Waals surface area (Å²) in [6.07, 6.45) is 1.42. The third kappa shape index (κ3) is 3.05. The van der Waals surface area contributed by atoms with Gasteiger partial charge in [-0.1, -0.05) is 0 Å². The Kier molecular flexibility index (Phi) is 3.38. The lowest BCUT2D eigenvalue weighted by molar-refractivity contribution is -0.137. The van der Waals surface area contributed by atoms with Gasteiger partial charge in [-0.15, -0.1) is 0 Å². The van der Waals surface area contributed by atoms with Crippen molar-refractivity contribution in [2.24, 2.45) is 0 Å². The fraction of sp³-hybridized carbons (Fsp3) is 0.300. The minimum Gasteiger partial charge on any atom is -0.480 e. The summed E-state index contributed by atoms with van der Waals surface area (Å²) in [6.45, 7) is 2.97. The summed E-state index contributed by atoms with van der Waals surface area (Å²) in [7, 11) is 0. The molecular formula is C10H12N2O3. The Balaban J connectivity index is 2.72. The van der Waals surface area contributed by atoms with E-state index in [-0.39, 0.29) is 5.78 Å². The van der Waals surface area contributed by atoms with Crippen LogP contribution in [0, 0.1) is 0 Å². The van der Waals surface area contributed by atoms with Crippen molar-refractivity contribution in [1.82, 2.24) is 4.98 Å². The summed E-state index contributed by atoms with van der Waals surface area (Å²) in [5.74, 6) is -0.581. The van der Waals surface area contributed by atoms with E-state index in [1.165, 1.54) is 20.0 Å². The number of carboxylic acid groups (broad SMARTS) is 1. The van der Waals surface area contributed by atoms with Gasteiger partial charge >= 0.3 is 5.97 Å². The Hall–Kier alpha value is -1.91. The molecule has 0 spiro atoms. The number of carbonyl (C=O) groups excluding carboxylic acids is 1. The van der Waals surface area contributed by atoms with Crippen LogP contribution in [-0.4, -0.2) is 27.9 Å². The molecule has 0 radical (unpaired) electrons. The molecule has 15 heavy (non-hydrogen) atoms. The standard InChI is InChI=1S/C10H12N2O3/c1-6(10(14)15)12-9-4-3-8(5-11-9)7(2)13/h3-6H,1-2H3,(H,11,12)(H,14,15)/t6-/m0/s1. The van der Waals surface area contributed by atoms with E-state index in [0.717, 1.165) is 0 Å². The highest BCUT2D eigenvalue weighted by molar-refractivity contribution is 5.93. The summed E-state index contributed by atoms with van der Waals surface area (Å²) in [5.41, 5.74) is 0.503. The molecule has 0 aliphatic heterocycles. The molecule has 5 nitrogen and oxygen atoms in total. The Bertz CT molecular complexity index is 373. The van der Waals surface area contributed by atoms with Crippen molar-refractivity contribution in [2.45, 2.75) is 19.9 Å². The first-order valence-corrected chi connectivity index (χ1v) is 4.47. The van der Waals surface area contributed by atoms with Gasteiger partial charge in [-0.25, -0.2) is 4.98 Å². The number of carbonyl (C=O) groups is 2. The number of nitrogens with one attached hydrogen (secondary N) is 1. The van der Waals surface area contributed by atoms with Crippen LogP contribution in [0.4, 0.5) is 5.82 Å². The Morgan fingerprint density at radius 3 is 2.53 bits per heavy atom. The molecule has 0 amide bonds. The normalized spacial score (nSPS) is 11.9. The minimum atomic E-state index is -0.951. The SMILES string of the molecule is CC(=O)c1ccc(N[C@@H](C)C(=O)O)nc1. The van der Waals surface area contributed by atoms with Crippen LogP contribution in [0.1, 0.15) is 24.2 Å². The van der Waals surface area contributed by atoms with E-state index < -0.39 is 12.0 Å². The fourth-order valence-electron chi connectivity index (χ4n) is 0.971. The van der Waals surface area contributed by atoms with Gasteiger partial charge in [0.2, 0.25) is 0 Å². The number of Topliss-reactive ketones (excluding diaryl/α,β-unsaturated/α-hetero) is 1. The lowest BCUT2D eigenvalue weighted by Crippen LogP contribution is -2.25. The molecule has 1 aromatic heterocycles. The summed E-state index contributed by atoms with van der Waals surface area (Å²) in [6, 6.07) is 2.48. The second-order valence-corrected chi connectivity index (χ2v) is 3.19. The van der Waals surface area contributed by atoms with E-state index in [1.54, 1.807) is 12.1 Å². The molecule has 0 aromatic carbocycles. The maximum Gasteiger partial charge on any atom is 0.325 e. The topological polar surface area (TPSA) is 79.3 Å². The summed E-state index contributed by atoms with van der Waals surface area (Å²) in [5, 5.41) is 11.3. The maximum atomic E-state index is 10.9. The number of ketones is 1. The lowest BCUT2D eigenvalue weighted by Gasteiger charge is -2.09. The second kappa shape index (κ2) is 4.54. The Morgan fingerprint density at radius 2 is 2.13 bits per heavy atom. The number of aliphatic carboxylic acids is 1. The minimum absolute atomic E-state index is 0.0691. The maximum absolute atomic E-state index is 10.9. The summed E-state index contributed by atoms with van der Waals surface area (Å²) >= 11 is 0. The number of rotatable bonds is 4. The molecule has 5 heteroatoms.